The first-order chi connectivity index (χ1) is 8.79. The lowest BCUT2D eigenvalue weighted by Crippen LogP contribution is -2.35. The number of aliphatic hydroxyl groups excluding tert-OH is 1. The molecule has 1 aromatic rings. The van der Waals surface area contributed by atoms with Gasteiger partial charge in [0, 0.05) is 12.6 Å². The fourth-order valence-electron chi connectivity index (χ4n) is 2.15. The number of rotatable bonds is 5. The Morgan fingerprint density at radius 2 is 2.22 bits per heavy atom. The van der Waals surface area contributed by atoms with Gasteiger partial charge in [0.1, 0.15) is 5.75 Å². The van der Waals surface area contributed by atoms with Gasteiger partial charge in [0.15, 0.2) is 0 Å². The predicted octanol–water partition coefficient (Wildman–Crippen LogP) is 2.21. The molecule has 2 N–H and O–H groups in total. The molecule has 0 amide bonds. The van der Waals surface area contributed by atoms with Crippen molar-refractivity contribution < 1.29 is 9.84 Å². The summed E-state index contributed by atoms with van der Waals surface area (Å²) in [5.74, 6) is 3.25. The Morgan fingerprint density at radius 1 is 1.44 bits per heavy atom. The van der Waals surface area contributed by atoms with Crippen molar-refractivity contribution in [1.82, 2.24) is 5.32 Å². The maximum atomic E-state index is 10.1. The Hall–Kier alpha value is -0.710. The van der Waals surface area contributed by atoms with Crippen molar-refractivity contribution in [2.45, 2.75) is 25.0 Å². The zero-order valence-corrected chi connectivity index (χ0v) is 11.6. The fourth-order valence-corrected chi connectivity index (χ4v) is 3.25. The van der Waals surface area contributed by atoms with Crippen LogP contribution in [0.4, 0.5) is 0 Å². The smallest absolute Gasteiger partial charge is 0.119 e. The Kier molecular flexibility index (Phi) is 5.35. The number of methoxy groups -OCH3 is 1. The van der Waals surface area contributed by atoms with E-state index in [0.717, 1.165) is 11.3 Å². The monoisotopic (exact) mass is 267 g/mol. The molecule has 0 saturated carbocycles. The van der Waals surface area contributed by atoms with E-state index in [9.17, 15) is 5.11 Å². The molecule has 0 aliphatic carbocycles. The number of thioether (sulfide) groups is 1. The molecule has 1 aliphatic rings. The standard InChI is InChI=1S/C14H21NO2S/c1-17-13-4-2-3-11(9-13)14(16)10-15-12-5-7-18-8-6-12/h2-4,9,12,14-16H,5-8,10H2,1H3. The molecule has 1 fully saturated rings. The van der Waals surface area contributed by atoms with Crippen LogP contribution in [0.5, 0.6) is 5.75 Å². The normalized spacial score (nSPS) is 18.6. The third-order valence-electron chi connectivity index (χ3n) is 3.30. The molecule has 4 heteroatoms. The molecule has 1 saturated heterocycles. The quantitative estimate of drug-likeness (QED) is 0.858. The third kappa shape index (κ3) is 3.90. The van der Waals surface area contributed by atoms with Crippen LogP contribution in [-0.4, -0.2) is 36.3 Å². The second kappa shape index (κ2) is 7.02. The van der Waals surface area contributed by atoms with E-state index in [4.69, 9.17) is 4.74 Å². The highest BCUT2D eigenvalue weighted by Crippen LogP contribution is 2.20. The molecule has 1 atom stereocenters. The van der Waals surface area contributed by atoms with E-state index in [-0.39, 0.29) is 0 Å². The summed E-state index contributed by atoms with van der Waals surface area (Å²) in [7, 11) is 1.64. The first-order valence-corrected chi connectivity index (χ1v) is 7.58. The number of nitrogens with one attached hydrogen (secondary N) is 1. The highest BCUT2D eigenvalue weighted by molar-refractivity contribution is 7.99. The number of aliphatic hydroxyl groups is 1. The maximum absolute atomic E-state index is 10.1. The molecule has 2 rings (SSSR count). The van der Waals surface area contributed by atoms with Crippen LogP contribution in [0, 0.1) is 0 Å². The van der Waals surface area contributed by atoms with Crippen molar-refractivity contribution in [3.8, 4) is 5.75 Å². The molecule has 0 bridgehead atoms. The van der Waals surface area contributed by atoms with Gasteiger partial charge in [0.2, 0.25) is 0 Å². The van der Waals surface area contributed by atoms with E-state index in [2.05, 4.69) is 5.32 Å². The summed E-state index contributed by atoms with van der Waals surface area (Å²) >= 11 is 2.02. The zero-order chi connectivity index (χ0) is 12.8. The van der Waals surface area contributed by atoms with Gasteiger partial charge in [-0.1, -0.05) is 12.1 Å². The number of hydrogen-bond donors (Lipinski definition) is 2. The molecular formula is C14H21NO2S. The van der Waals surface area contributed by atoms with Gasteiger partial charge < -0.3 is 15.2 Å². The van der Waals surface area contributed by atoms with Crippen LogP contribution in [0.15, 0.2) is 24.3 Å². The van der Waals surface area contributed by atoms with E-state index < -0.39 is 6.10 Å². The van der Waals surface area contributed by atoms with E-state index >= 15 is 0 Å². The van der Waals surface area contributed by atoms with E-state index in [1.165, 1.54) is 24.3 Å². The lowest BCUT2D eigenvalue weighted by molar-refractivity contribution is 0.168. The summed E-state index contributed by atoms with van der Waals surface area (Å²) in [6.07, 6.45) is 1.94. The minimum atomic E-state index is -0.463. The summed E-state index contributed by atoms with van der Waals surface area (Å²) in [5, 5.41) is 13.6. The average molecular weight is 267 g/mol. The molecule has 1 unspecified atom stereocenters. The Bertz CT molecular complexity index is 367. The minimum absolute atomic E-state index is 0.463. The SMILES string of the molecule is COc1cccc(C(O)CNC2CCSCC2)c1. The van der Waals surface area contributed by atoms with Crippen molar-refractivity contribution >= 4 is 11.8 Å². The molecule has 18 heavy (non-hydrogen) atoms. The van der Waals surface area contributed by atoms with Gasteiger partial charge >= 0.3 is 0 Å². The van der Waals surface area contributed by atoms with Gasteiger partial charge in [0.05, 0.1) is 13.2 Å². The van der Waals surface area contributed by atoms with Crippen LogP contribution < -0.4 is 10.1 Å². The summed E-state index contributed by atoms with van der Waals surface area (Å²) in [5.41, 5.74) is 0.909. The second-order valence-corrected chi connectivity index (χ2v) is 5.81. The average Bonchev–Trinajstić information content (AvgIpc) is 2.46. The van der Waals surface area contributed by atoms with Crippen LogP contribution in [0.1, 0.15) is 24.5 Å². The summed E-state index contributed by atoms with van der Waals surface area (Å²) in [6, 6.07) is 8.19. The van der Waals surface area contributed by atoms with Crippen LogP contribution in [0.25, 0.3) is 0 Å². The molecule has 100 valence electrons. The molecule has 1 aromatic carbocycles. The predicted molar refractivity (Wildman–Crippen MR) is 76.3 cm³/mol. The third-order valence-corrected chi connectivity index (χ3v) is 4.35. The van der Waals surface area contributed by atoms with Crippen molar-refractivity contribution in [1.29, 1.82) is 0 Å². The van der Waals surface area contributed by atoms with Crippen LogP contribution in [-0.2, 0) is 0 Å². The number of hydrogen-bond acceptors (Lipinski definition) is 4. The van der Waals surface area contributed by atoms with Gasteiger partial charge in [-0.05, 0) is 42.0 Å². The van der Waals surface area contributed by atoms with E-state index in [1.807, 2.05) is 36.0 Å². The van der Waals surface area contributed by atoms with Gasteiger partial charge in [-0.3, -0.25) is 0 Å². The first-order valence-electron chi connectivity index (χ1n) is 6.42. The second-order valence-electron chi connectivity index (χ2n) is 4.59. The number of ether oxygens (including phenoxy) is 1. The van der Waals surface area contributed by atoms with Crippen molar-refractivity contribution in [2.75, 3.05) is 25.2 Å². The van der Waals surface area contributed by atoms with Gasteiger partial charge in [0.25, 0.3) is 0 Å². The summed E-state index contributed by atoms with van der Waals surface area (Å²) in [6.45, 7) is 0.614. The summed E-state index contributed by atoms with van der Waals surface area (Å²) < 4.78 is 5.17. The van der Waals surface area contributed by atoms with Crippen molar-refractivity contribution in [2.24, 2.45) is 0 Å². The highest BCUT2D eigenvalue weighted by Gasteiger charge is 2.15. The minimum Gasteiger partial charge on any atom is -0.497 e. The summed E-state index contributed by atoms with van der Waals surface area (Å²) in [4.78, 5) is 0. The van der Waals surface area contributed by atoms with E-state index in [0.29, 0.717) is 12.6 Å². The molecule has 0 radical (unpaired) electrons. The van der Waals surface area contributed by atoms with Crippen LogP contribution in [0.3, 0.4) is 0 Å². The molecule has 3 nitrogen and oxygen atoms in total. The zero-order valence-electron chi connectivity index (χ0n) is 10.8. The van der Waals surface area contributed by atoms with Crippen LogP contribution in [0.2, 0.25) is 0 Å². The molecule has 1 aliphatic heterocycles. The Morgan fingerprint density at radius 3 is 2.94 bits per heavy atom. The lowest BCUT2D eigenvalue weighted by Gasteiger charge is -2.24. The molecule has 0 aromatic heterocycles. The first kappa shape index (κ1) is 13.7. The molecule has 1 heterocycles. The van der Waals surface area contributed by atoms with Gasteiger partial charge in [-0.2, -0.15) is 11.8 Å². The highest BCUT2D eigenvalue weighted by atomic mass is 32.2. The van der Waals surface area contributed by atoms with Crippen LogP contribution >= 0.6 is 11.8 Å². The Balaban J connectivity index is 1.84. The topological polar surface area (TPSA) is 41.5 Å². The van der Waals surface area contributed by atoms with Crippen molar-refractivity contribution in [3.05, 3.63) is 29.8 Å². The van der Waals surface area contributed by atoms with E-state index in [1.54, 1.807) is 7.11 Å². The Labute approximate surface area is 113 Å². The maximum Gasteiger partial charge on any atom is 0.119 e. The molecule has 0 spiro atoms. The van der Waals surface area contributed by atoms with Gasteiger partial charge in [-0.15, -0.1) is 0 Å². The largest absolute Gasteiger partial charge is 0.497 e. The van der Waals surface area contributed by atoms with Crippen molar-refractivity contribution in [3.63, 3.8) is 0 Å². The van der Waals surface area contributed by atoms with Gasteiger partial charge in [-0.25, -0.2) is 0 Å². The lowest BCUT2D eigenvalue weighted by atomic mass is 10.1. The fraction of sp³-hybridized carbons (Fsp3) is 0.571. The molecular weight excluding hydrogens is 246 g/mol. The number of benzene rings is 1.